The Morgan fingerprint density at radius 3 is 1.73 bits per heavy atom. The highest BCUT2D eigenvalue weighted by Gasteiger charge is 2.21. The lowest BCUT2D eigenvalue weighted by molar-refractivity contribution is 0.0964. The Balaban J connectivity index is 2.09. The van der Waals surface area contributed by atoms with E-state index in [0.29, 0.717) is 16.7 Å². The van der Waals surface area contributed by atoms with Crippen molar-refractivity contribution in [3.05, 3.63) is 111 Å². The molecule has 0 heterocycles. The summed E-state index contributed by atoms with van der Waals surface area (Å²) in [5.41, 5.74) is 1.43. The summed E-state index contributed by atoms with van der Waals surface area (Å²) in [6, 6.07) is 21.6. The van der Waals surface area contributed by atoms with Crippen molar-refractivity contribution < 1.29 is 14.0 Å². The molecule has 0 atom stereocenters. The zero-order chi connectivity index (χ0) is 18.5. The molecule has 3 aromatic rings. The maximum atomic E-state index is 13.5. The standard InChI is InChI=1S/C22H14BrFO2/c23-19-14-15(11-12-20(19)24)13-18(21(25)16-7-3-1-4-8-16)22(26)17-9-5-2-6-10-17/h1-14H. The van der Waals surface area contributed by atoms with E-state index in [2.05, 4.69) is 15.9 Å². The number of halogens is 2. The quantitative estimate of drug-likeness (QED) is 0.233. The van der Waals surface area contributed by atoms with Gasteiger partial charge in [0.25, 0.3) is 0 Å². The minimum absolute atomic E-state index is 0.0286. The van der Waals surface area contributed by atoms with Crippen molar-refractivity contribution in [1.82, 2.24) is 0 Å². The van der Waals surface area contributed by atoms with Crippen molar-refractivity contribution in [2.24, 2.45) is 0 Å². The van der Waals surface area contributed by atoms with Crippen molar-refractivity contribution in [2.75, 3.05) is 0 Å². The monoisotopic (exact) mass is 408 g/mol. The minimum Gasteiger partial charge on any atom is -0.288 e. The second-order valence-corrected chi connectivity index (χ2v) is 6.48. The van der Waals surface area contributed by atoms with E-state index in [0.717, 1.165) is 0 Å². The first-order valence-corrected chi connectivity index (χ1v) is 8.72. The molecule has 0 saturated carbocycles. The first kappa shape index (κ1) is 18.0. The van der Waals surface area contributed by atoms with Crippen LogP contribution in [0.25, 0.3) is 6.08 Å². The molecule has 4 heteroatoms. The highest BCUT2D eigenvalue weighted by atomic mass is 79.9. The van der Waals surface area contributed by atoms with Gasteiger partial charge < -0.3 is 0 Å². The molecular weight excluding hydrogens is 395 g/mol. The number of carbonyl (C=O) groups is 2. The molecule has 0 aliphatic heterocycles. The number of hydrogen-bond donors (Lipinski definition) is 0. The summed E-state index contributed by atoms with van der Waals surface area (Å²) in [6.07, 6.45) is 1.49. The fraction of sp³-hybridized carbons (Fsp3) is 0. The number of allylic oxidation sites excluding steroid dienone is 1. The molecule has 0 aromatic heterocycles. The van der Waals surface area contributed by atoms with E-state index in [1.54, 1.807) is 60.7 Å². The largest absolute Gasteiger partial charge is 0.288 e. The zero-order valence-corrected chi connectivity index (χ0v) is 15.2. The van der Waals surface area contributed by atoms with Crippen molar-refractivity contribution in [1.29, 1.82) is 0 Å². The van der Waals surface area contributed by atoms with E-state index in [-0.39, 0.29) is 21.6 Å². The van der Waals surface area contributed by atoms with Crippen LogP contribution in [0.2, 0.25) is 0 Å². The molecule has 0 radical (unpaired) electrons. The van der Waals surface area contributed by atoms with Crippen LogP contribution in [0.3, 0.4) is 0 Å². The van der Waals surface area contributed by atoms with E-state index >= 15 is 0 Å². The van der Waals surface area contributed by atoms with Crippen molar-refractivity contribution in [2.45, 2.75) is 0 Å². The molecular formula is C22H14BrFO2. The maximum absolute atomic E-state index is 13.5. The fourth-order valence-corrected chi connectivity index (χ4v) is 2.89. The van der Waals surface area contributed by atoms with E-state index in [1.807, 2.05) is 0 Å². The number of benzene rings is 3. The molecule has 0 unspecified atom stereocenters. The number of ketones is 2. The average Bonchev–Trinajstić information content (AvgIpc) is 2.69. The predicted octanol–water partition coefficient (Wildman–Crippen LogP) is 5.74. The first-order valence-electron chi connectivity index (χ1n) is 7.92. The Bertz CT molecular complexity index is 926. The number of rotatable bonds is 5. The molecule has 26 heavy (non-hydrogen) atoms. The van der Waals surface area contributed by atoms with Gasteiger partial charge >= 0.3 is 0 Å². The number of carbonyl (C=O) groups excluding carboxylic acids is 2. The van der Waals surface area contributed by atoms with Gasteiger partial charge in [-0.15, -0.1) is 0 Å². The summed E-state index contributed by atoms with van der Waals surface area (Å²) in [4.78, 5) is 25.9. The van der Waals surface area contributed by atoms with Crippen LogP contribution in [-0.2, 0) is 0 Å². The van der Waals surface area contributed by atoms with Gasteiger partial charge in [-0.2, -0.15) is 0 Å². The predicted molar refractivity (Wildman–Crippen MR) is 104 cm³/mol. The van der Waals surface area contributed by atoms with Crippen molar-refractivity contribution in [3.8, 4) is 0 Å². The lowest BCUT2D eigenvalue weighted by atomic mass is 9.94. The van der Waals surface area contributed by atoms with Crippen LogP contribution in [0.4, 0.5) is 4.39 Å². The highest BCUT2D eigenvalue weighted by molar-refractivity contribution is 9.10. The van der Waals surface area contributed by atoms with Gasteiger partial charge in [-0.3, -0.25) is 9.59 Å². The van der Waals surface area contributed by atoms with Crippen molar-refractivity contribution in [3.63, 3.8) is 0 Å². The van der Waals surface area contributed by atoms with Crippen LogP contribution in [0.15, 0.2) is 88.9 Å². The van der Waals surface area contributed by atoms with Gasteiger partial charge in [-0.1, -0.05) is 66.7 Å². The maximum Gasteiger partial charge on any atom is 0.196 e. The van der Waals surface area contributed by atoms with Gasteiger partial charge in [-0.25, -0.2) is 4.39 Å². The molecule has 3 aromatic carbocycles. The lowest BCUT2D eigenvalue weighted by Gasteiger charge is -2.07. The summed E-state index contributed by atoms with van der Waals surface area (Å²) in [5, 5.41) is 0. The molecule has 0 aliphatic rings. The molecule has 0 aliphatic carbocycles. The Hall–Kier alpha value is -2.85. The third kappa shape index (κ3) is 4.03. The molecule has 0 saturated heterocycles. The second-order valence-electron chi connectivity index (χ2n) is 5.62. The van der Waals surface area contributed by atoms with Crippen molar-refractivity contribution >= 4 is 33.6 Å². The van der Waals surface area contributed by atoms with E-state index in [9.17, 15) is 14.0 Å². The van der Waals surface area contributed by atoms with Crippen LogP contribution in [0, 0.1) is 5.82 Å². The summed E-state index contributed by atoms with van der Waals surface area (Å²) < 4.78 is 13.8. The fourth-order valence-electron chi connectivity index (χ4n) is 2.49. The number of hydrogen-bond acceptors (Lipinski definition) is 2. The van der Waals surface area contributed by atoms with E-state index in [4.69, 9.17) is 0 Å². The topological polar surface area (TPSA) is 34.1 Å². The summed E-state index contributed by atoms with van der Waals surface area (Å²) in [6.45, 7) is 0. The smallest absolute Gasteiger partial charge is 0.196 e. The normalized spacial score (nSPS) is 10.2. The Morgan fingerprint density at radius 1 is 0.769 bits per heavy atom. The van der Waals surface area contributed by atoms with Gasteiger partial charge in [0.2, 0.25) is 0 Å². The zero-order valence-electron chi connectivity index (χ0n) is 13.7. The molecule has 0 amide bonds. The summed E-state index contributed by atoms with van der Waals surface area (Å²) in [5.74, 6) is -1.16. The van der Waals surface area contributed by atoms with Gasteiger partial charge in [0.15, 0.2) is 11.6 Å². The molecule has 0 N–H and O–H groups in total. The molecule has 3 rings (SSSR count). The molecule has 128 valence electrons. The molecule has 0 fully saturated rings. The molecule has 2 nitrogen and oxygen atoms in total. The lowest BCUT2D eigenvalue weighted by Crippen LogP contribution is -2.13. The van der Waals surface area contributed by atoms with Crippen LogP contribution < -0.4 is 0 Å². The third-order valence-electron chi connectivity index (χ3n) is 3.82. The van der Waals surface area contributed by atoms with Crippen LogP contribution >= 0.6 is 15.9 Å². The van der Waals surface area contributed by atoms with Crippen LogP contribution in [0.5, 0.6) is 0 Å². The Kier molecular flexibility index (Phi) is 5.54. The Labute approximate surface area is 159 Å². The summed E-state index contributed by atoms with van der Waals surface area (Å²) >= 11 is 3.13. The Morgan fingerprint density at radius 2 is 1.27 bits per heavy atom. The van der Waals surface area contributed by atoms with E-state index < -0.39 is 5.82 Å². The minimum atomic E-state index is -0.410. The average molecular weight is 409 g/mol. The summed E-state index contributed by atoms with van der Waals surface area (Å²) in [7, 11) is 0. The van der Waals surface area contributed by atoms with Crippen LogP contribution in [0.1, 0.15) is 26.3 Å². The van der Waals surface area contributed by atoms with Crippen LogP contribution in [-0.4, -0.2) is 11.6 Å². The van der Waals surface area contributed by atoms with Gasteiger partial charge in [-0.05, 0) is 39.7 Å². The van der Waals surface area contributed by atoms with Gasteiger partial charge in [0.05, 0.1) is 10.0 Å². The molecule has 0 spiro atoms. The van der Waals surface area contributed by atoms with Gasteiger partial charge in [0, 0.05) is 11.1 Å². The SMILES string of the molecule is O=C(C(=Cc1ccc(F)c(Br)c1)C(=O)c1ccccc1)c1ccccc1. The third-order valence-corrected chi connectivity index (χ3v) is 4.42. The molecule has 0 bridgehead atoms. The second kappa shape index (κ2) is 8.02. The highest BCUT2D eigenvalue weighted by Crippen LogP contribution is 2.22. The number of Topliss-reactive ketones (excluding diaryl/α,β-unsaturated/α-hetero) is 2. The van der Waals surface area contributed by atoms with E-state index in [1.165, 1.54) is 24.3 Å². The first-order chi connectivity index (χ1) is 12.6. The van der Waals surface area contributed by atoms with Gasteiger partial charge in [0.1, 0.15) is 5.82 Å².